The fourth-order valence-corrected chi connectivity index (χ4v) is 3.18. The third-order valence-electron chi connectivity index (χ3n) is 5.41. The van der Waals surface area contributed by atoms with Gasteiger partial charge in [0.15, 0.2) is 0 Å². The van der Waals surface area contributed by atoms with Crippen molar-refractivity contribution in [3.05, 3.63) is 16.3 Å². The van der Waals surface area contributed by atoms with E-state index in [1.807, 2.05) is 6.92 Å². The number of likely N-dealkylation sites (tertiary alicyclic amines) is 1. The van der Waals surface area contributed by atoms with E-state index in [1.165, 1.54) is 7.05 Å². The maximum Gasteiger partial charge on any atom is 0.343 e. The van der Waals surface area contributed by atoms with Gasteiger partial charge in [0.25, 0.3) is 5.91 Å². The van der Waals surface area contributed by atoms with Crippen molar-refractivity contribution in [3.63, 3.8) is 0 Å². The van der Waals surface area contributed by atoms with Crippen LogP contribution in [-0.2, 0) is 11.8 Å². The molecule has 2 amide bonds. The molecular weight excluding hydrogens is 326 g/mol. The molecule has 1 aromatic rings. The average molecular weight is 351 g/mol. The summed E-state index contributed by atoms with van der Waals surface area (Å²) in [4.78, 5) is 40.4. The average Bonchev–Trinajstić information content (AvgIpc) is 3.29. The number of nitrogens with zero attached hydrogens (tertiary/aromatic N) is 3. The molecule has 138 valence electrons. The lowest BCUT2D eigenvalue weighted by Crippen LogP contribution is -2.44. The summed E-state index contributed by atoms with van der Waals surface area (Å²) in [6, 6.07) is -0.157. The second-order valence-corrected chi connectivity index (χ2v) is 7.36. The van der Waals surface area contributed by atoms with Crippen LogP contribution in [-0.4, -0.2) is 62.3 Å². The number of hydrogen-bond acceptors (Lipinski definition) is 5. The summed E-state index contributed by atoms with van der Waals surface area (Å²) in [6.45, 7) is 2.80. The number of aryl methyl sites for hydroxylation is 1. The SMILES string of the molecule is Cn1nc(C(=O)N2CCC(CO)C(NC(=O)C3(C)CC3)CC2)[nH]c1=O. The number of nitrogens with one attached hydrogen (secondary N) is 2. The van der Waals surface area contributed by atoms with E-state index in [9.17, 15) is 19.5 Å². The van der Waals surface area contributed by atoms with E-state index >= 15 is 0 Å². The smallest absolute Gasteiger partial charge is 0.343 e. The van der Waals surface area contributed by atoms with Gasteiger partial charge in [-0.25, -0.2) is 9.48 Å². The number of H-pyrrole nitrogens is 1. The number of rotatable bonds is 4. The number of carbonyl (C=O) groups is 2. The van der Waals surface area contributed by atoms with Crippen LogP contribution in [0.15, 0.2) is 4.79 Å². The van der Waals surface area contributed by atoms with Gasteiger partial charge < -0.3 is 15.3 Å². The van der Waals surface area contributed by atoms with E-state index in [0.29, 0.717) is 25.9 Å². The fourth-order valence-electron chi connectivity index (χ4n) is 3.18. The van der Waals surface area contributed by atoms with Crippen LogP contribution in [0.5, 0.6) is 0 Å². The molecule has 2 unspecified atom stereocenters. The van der Waals surface area contributed by atoms with Crippen LogP contribution >= 0.6 is 0 Å². The summed E-state index contributed by atoms with van der Waals surface area (Å²) in [6.07, 6.45) is 2.94. The van der Waals surface area contributed by atoms with Gasteiger partial charge in [-0.1, -0.05) is 6.92 Å². The third-order valence-corrected chi connectivity index (χ3v) is 5.41. The highest BCUT2D eigenvalue weighted by atomic mass is 16.3. The largest absolute Gasteiger partial charge is 0.396 e. The quantitative estimate of drug-likeness (QED) is 0.658. The second-order valence-electron chi connectivity index (χ2n) is 7.36. The van der Waals surface area contributed by atoms with E-state index in [-0.39, 0.29) is 41.6 Å². The Labute approximate surface area is 145 Å². The van der Waals surface area contributed by atoms with E-state index < -0.39 is 5.69 Å². The van der Waals surface area contributed by atoms with E-state index in [2.05, 4.69) is 15.4 Å². The molecule has 2 heterocycles. The van der Waals surface area contributed by atoms with Crippen LogP contribution in [0.3, 0.4) is 0 Å². The molecule has 1 saturated carbocycles. The second kappa shape index (κ2) is 6.62. The predicted octanol–water partition coefficient (Wildman–Crippen LogP) is -0.762. The van der Waals surface area contributed by atoms with Gasteiger partial charge in [0.1, 0.15) is 0 Å². The summed E-state index contributed by atoms with van der Waals surface area (Å²) in [5, 5.41) is 16.6. The lowest BCUT2D eigenvalue weighted by Gasteiger charge is -2.25. The highest BCUT2D eigenvalue weighted by molar-refractivity contribution is 5.90. The van der Waals surface area contributed by atoms with Gasteiger partial charge in [-0.05, 0) is 25.7 Å². The van der Waals surface area contributed by atoms with Crippen molar-refractivity contribution in [2.75, 3.05) is 19.7 Å². The monoisotopic (exact) mass is 351 g/mol. The first kappa shape index (κ1) is 17.7. The molecule has 2 atom stereocenters. The Bertz CT molecular complexity index is 720. The van der Waals surface area contributed by atoms with Crippen LogP contribution in [0.1, 0.15) is 43.2 Å². The Morgan fingerprint density at radius 1 is 1.36 bits per heavy atom. The summed E-state index contributed by atoms with van der Waals surface area (Å²) >= 11 is 0. The summed E-state index contributed by atoms with van der Waals surface area (Å²) in [5.74, 6) is -0.381. The zero-order chi connectivity index (χ0) is 18.2. The first-order chi connectivity index (χ1) is 11.8. The van der Waals surface area contributed by atoms with Crippen molar-refractivity contribution in [3.8, 4) is 0 Å². The van der Waals surface area contributed by atoms with Crippen LogP contribution < -0.4 is 11.0 Å². The van der Waals surface area contributed by atoms with Gasteiger partial charge in [0.2, 0.25) is 11.7 Å². The molecule has 1 aromatic heterocycles. The van der Waals surface area contributed by atoms with Crippen LogP contribution in [0.25, 0.3) is 0 Å². The number of amides is 2. The molecule has 9 nitrogen and oxygen atoms in total. The molecule has 2 fully saturated rings. The Kier molecular flexibility index (Phi) is 4.68. The number of aromatic nitrogens is 3. The standard InChI is InChI=1S/C16H25N5O4/c1-16(5-6-16)14(24)17-11-4-8-21(7-3-10(11)9-22)13(23)12-18-15(25)20(2)19-12/h10-11,22H,3-9H2,1-2H3,(H,17,24)(H,18,19,25). The van der Waals surface area contributed by atoms with Gasteiger partial charge in [0.05, 0.1) is 0 Å². The molecule has 9 heteroatoms. The normalized spacial score (nSPS) is 25.3. The third kappa shape index (κ3) is 3.60. The Hall–Kier alpha value is -2.16. The van der Waals surface area contributed by atoms with Crippen molar-refractivity contribution in [1.29, 1.82) is 0 Å². The molecule has 3 rings (SSSR count). The molecule has 0 spiro atoms. The maximum absolute atomic E-state index is 12.5. The first-order valence-corrected chi connectivity index (χ1v) is 8.68. The van der Waals surface area contributed by atoms with E-state index in [0.717, 1.165) is 17.5 Å². The molecule has 3 N–H and O–H groups in total. The molecule has 1 aliphatic carbocycles. The van der Waals surface area contributed by atoms with Crippen molar-refractivity contribution in [1.82, 2.24) is 25.0 Å². The maximum atomic E-state index is 12.5. The summed E-state index contributed by atoms with van der Waals surface area (Å²) < 4.78 is 1.08. The topological polar surface area (TPSA) is 120 Å². The number of aliphatic hydroxyl groups is 1. The molecule has 0 bridgehead atoms. The van der Waals surface area contributed by atoms with Gasteiger partial charge >= 0.3 is 5.69 Å². The lowest BCUT2D eigenvalue weighted by molar-refractivity contribution is -0.127. The van der Waals surface area contributed by atoms with Crippen molar-refractivity contribution in [2.24, 2.45) is 18.4 Å². The number of carbonyl (C=O) groups excluding carboxylic acids is 2. The van der Waals surface area contributed by atoms with Crippen LogP contribution in [0, 0.1) is 11.3 Å². The van der Waals surface area contributed by atoms with E-state index in [4.69, 9.17) is 0 Å². The van der Waals surface area contributed by atoms with Gasteiger partial charge in [0, 0.05) is 44.1 Å². The summed E-state index contributed by atoms with van der Waals surface area (Å²) in [7, 11) is 1.48. The molecule has 1 aliphatic heterocycles. The fraction of sp³-hybridized carbons (Fsp3) is 0.750. The van der Waals surface area contributed by atoms with Crippen molar-refractivity contribution >= 4 is 11.8 Å². The first-order valence-electron chi connectivity index (χ1n) is 8.68. The highest BCUT2D eigenvalue weighted by Gasteiger charge is 2.46. The number of hydrogen-bond donors (Lipinski definition) is 3. The Morgan fingerprint density at radius 3 is 2.60 bits per heavy atom. The minimum Gasteiger partial charge on any atom is -0.396 e. The Balaban J connectivity index is 1.67. The minimum atomic E-state index is -0.436. The molecule has 0 radical (unpaired) electrons. The number of aromatic amines is 1. The van der Waals surface area contributed by atoms with Crippen LogP contribution in [0.2, 0.25) is 0 Å². The molecule has 0 aromatic carbocycles. The van der Waals surface area contributed by atoms with E-state index in [1.54, 1.807) is 4.90 Å². The Morgan fingerprint density at radius 2 is 2.04 bits per heavy atom. The molecule has 1 saturated heterocycles. The van der Waals surface area contributed by atoms with Crippen molar-refractivity contribution < 1.29 is 14.7 Å². The van der Waals surface area contributed by atoms with Gasteiger partial charge in [-0.15, -0.1) is 5.10 Å². The molecular formula is C16H25N5O4. The lowest BCUT2D eigenvalue weighted by atomic mass is 9.94. The van der Waals surface area contributed by atoms with Crippen molar-refractivity contribution in [2.45, 2.75) is 38.6 Å². The van der Waals surface area contributed by atoms with Gasteiger partial charge in [-0.2, -0.15) is 0 Å². The molecule has 2 aliphatic rings. The predicted molar refractivity (Wildman–Crippen MR) is 88.8 cm³/mol. The molecule has 25 heavy (non-hydrogen) atoms. The van der Waals surface area contributed by atoms with Crippen LogP contribution in [0.4, 0.5) is 0 Å². The number of aliphatic hydroxyl groups excluding tert-OH is 1. The highest BCUT2D eigenvalue weighted by Crippen LogP contribution is 2.45. The zero-order valence-corrected chi connectivity index (χ0v) is 14.6. The van der Waals surface area contributed by atoms with Gasteiger partial charge in [-0.3, -0.25) is 14.6 Å². The summed E-state index contributed by atoms with van der Waals surface area (Å²) in [5.41, 5.74) is -0.704. The zero-order valence-electron chi connectivity index (χ0n) is 14.6. The minimum absolute atomic E-state index is 0.0148.